The van der Waals surface area contributed by atoms with Crippen molar-refractivity contribution in [1.82, 2.24) is 0 Å². The quantitative estimate of drug-likeness (QED) is 0.613. The first-order valence-corrected chi connectivity index (χ1v) is 5.21. The van der Waals surface area contributed by atoms with Gasteiger partial charge in [0.2, 0.25) is 0 Å². The molecule has 0 aromatic heterocycles. The molecule has 1 aromatic carbocycles. The molecule has 4 nitrogen and oxygen atoms in total. The summed E-state index contributed by atoms with van der Waals surface area (Å²) in [5.41, 5.74) is 4.24. The van der Waals surface area contributed by atoms with Gasteiger partial charge in [0.1, 0.15) is 6.10 Å². The Kier molecular flexibility index (Phi) is 4.55. The van der Waals surface area contributed by atoms with E-state index in [4.69, 9.17) is 10.8 Å². The van der Waals surface area contributed by atoms with Crippen molar-refractivity contribution in [2.24, 2.45) is 0 Å². The molecule has 0 bridgehead atoms. The maximum Gasteiger partial charge on any atom is 0.416 e. The minimum atomic E-state index is -4.51. The molecule has 0 saturated heterocycles. The van der Waals surface area contributed by atoms with E-state index in [2.05, 4.69) is 0 Å². The second-order valence-corrected chi connectivity index (χ2v) is 3.87. The van der Waals surface area contributed by atoms with Gasteiger partial charge in [0.15, 0.2) is 0 Å². The third-order valence-electron chi connectivity index (χ3n) is 2.52. The van der Waals surface area contributed by atoms with Gasteiger partial charge in [0.25, 0.3) is 0 Å². The van der Waals surface area contributed by atoms with Crippen LogP contribution < -0.4 is 5.73 Å². The smallest absolute Gasteiger partial charge is 0.398 e. The van der Waals surface area contributed by atoms with Crippen molar-refractivity contribution in [1.29, 1.82) is 0 Å². The Morgan fingerprint density at radius 1 is 1.22 bits per heavy atom. The van der Waals surface area contributed by atoms with Crippen molar-refractivity contribution >= 4 is 5.69 Å². The van der Waals surface area contributed by atoms with Crippen LogP contribution in [-0.4, -0.2) is 28.0 Å². The molecule has 0 amide bonds. The summed E-state index contributed by atoms with van der Waals surface area (Å²) < 4.78 is 37.1. The van der Waals surface area contributed by atoms with E-state index in [1.807, 2.05) is 0 Å². The number of halogens is 3. The number of aliphatic hydroxyl groups is 3. The highest BCUT2D eigenvalue weighted by Crippen LogP contribution is 2.33. The average molecular weight is 265 g/mol. The van der Waals surface area contributed by atoms with E-state index >= 15 is 0 Å². The van der Waals surface area contributed by atoms with Crippen LogP contribution in [0.25, 0.3) is 0 Å². The molecule has 1 aromatic rings. The molecule has 2 unspecified atom stereocenters. The normalized spacial score (nSPS) is 15.4. The first-order valence-electron chi connectivity index (χ1n) is 5.21. The molecule has 5 N–H and O–H groups in total. The Hall–Kier alpha value is -1.31. The lowest BCUT2D eigenvalue weighted by Gasteiger charge is -2.19. The highest BCUT2D eigenvalue weighted by Gasteiger charge is 2.31. The summed E-state index contributed by atoms with van der Waals surface area (Å²) >= 11 is 0. The number of nitrogen functional groups attached to an aromatic ring is 1. The fourth-order valence-corrected chi connectivity index (χ4v) is 1.52. The Balaban J connectivity index is 2.99. The number of hydrogen-bond acceptors (Lipinski definition) is 4. The Morgan fingerprint density at radius 3 is 2.28 bits per heavy atom. The second kappa shape index (κ2) is 5.55. The van der Waals surface area contributed by atoms with Crippen molar-refractivity contribution in [3.8, 4) is 0 Å². The van der Waals surface area contributed by atoms with Crippen LogP contribution >= 0.6 is 0 Å². The first-order chi connectivity index (χ1) is 8.27. The van der Waals surface area contributed by atoms with E-state index in [0.29, 0.717) is 6.07 Å². The molecule has 0 aliphatic heterocycles. The molecule has 0 aliphatic carbocycles. The molecule has 7 heteroatoms. The summed E-state index contributed by atoms with van der Waals surface area (Å²) in [6, 6.07) is 2.49. The predicted octanol–water partition coefficient (Wildman–Crippen LogP) is 1.06. The van der Waals surface area contributed by atoms with Crippen molar-refractivity contribution in [3.05, 3.63) is 29.3 Å². The van der Waals surface area contributed by atoms with E-state index in [1.54, 1.807) is 0 Å². The van der Waals surface area contributed by atoms with Crippen LogP contribution in [0.5, 0.6) is 0 Å². The lowest BCUT2D eigenvalue weighted by atomic mass is 9.99. The average Bonchev–Trinajstić information content (AvgIpc) is 2.27. The third-order valence-corrected chi connectivity index (χ3v) is 2.52. The standard InChI is InChI=1S/C11H14F3NO3/c12-11(13,14)6-1-2-7(8(15)5-6)10(18)9(17)3-4-16/h1-2,5,9-10,16-18H,3-4,15H2. The number of hydrogen-bond donors (Lipinski definition) is 4. The van der Waals surface area contributed by atoms with Crippen LogP contribution in [0.15, 0.2) is 18.2 Å². The van der Waals surface area contributed by atoms with Crippen LogP contribution in [0.2, 0.25) is 0 Å². The predicted molar refractivity (Wildman–Crippen MR) is 58.5 cm³/mol. The van der Waals surface area contributed by atoms with Gasteiger partial charge in [-0.2, -0.15) is 13.2 Å². The topological polar surface area (TPSA) is 86.7 Å². The van der Waals surface area contributed by atoms with E-state index in [-0.39, 0.29) is 24.3 Å². The minimum absolute atomic E-state index is 0.00366. The largest absolute Gasteiger partial charge is 0.416 e. The Labute approximate surface area is 101 Å². The molecule has 0 heterocycles. The maximum absolute atomic E-state index is 12.4. The SMILES string of the molecule is Nc1cc(C(F)(F)F)ccc1C(O)C(O)CCO. The van der Waals surface area contributed by atoms with Gasteiger partial charge in [0.05, 0.1) is 11.7 Å². The summed E-state index contributed by atoms with van der Waals surface area (Å²) in [5, 5.41) is 27.7. The number of aliphatic hydroxyl groups excluding tert-OH is 3. The lowest BCUT2D eigenvalue weighted by Crippen LogP contribution is -2.21. The third kappa shape index (κ3) is 3.34. The lowest BCUT2D eigenvalue weighted by molar-refractivity contribution is -0.137. The number of nitrogens with two attached hydrogens (primary N) is 1. The van der Waals surface area contributed by atoms with Gasteiger partial charge in [-0.15, -0.1) is 0 Å². The second-order valence-electron chi connectivity index (χ2n) is 3.87. The molecule has 18 heavy (non-hydrogen) atoms. The molecule has 1 rings (SSSR count). The van der Waals surface area contributed by atoms with Gasteiger partial charge in [-0.25, -0.2) is 0 Å². The van der Waals surface area contributed by atoms with Crippen molar-refractivity contribution in [2.75, 3.05) is 12.3 Å². The maximum atomic E-state index is 12.4. The summed E-state index contributed by atoms with van der Waals surface area (Å²) in [4.78, 5) is 0. The fraction of sp³-hybridized carbons (Fsp3) is 0.455. The van der Waals surface area contributed by atoms with Gasteiger partial charge in [-0.1, -0.05) is 6.07 Å². The van der Waals surface area contributed by atoms with Crippen LogP contribution in [0.1, 0.15) is 23.7 Å². The summed E-state index contributed by atoms with van der Waals surface area (Å²) in [5.74, 6) is 0. The highest BCUT2D eigenvalue weighted by molar-refractivity contribution is 5.51. The van der Waals surface area contributed by atoms with E-state index in [9.17, 15) is 23.4 Å². The van der Waals surface area contributed by atoms with E-state index in [0.717, 1.165) is 12.1 Å². The molecule has 0 spiro atoms. The van der Waals surface area contributed by atoms with Gasteiger partial charge >= 0.3 is 6.18 Å². The molecule has 0 fully saturated rings. The van der Waals surface area contributed by atoms with Crippen LogP contribution in [0, 0.1) is 0 Å². The van der Waals surface area contributed by atoms with Gasteiger partial charge < -0.3 is 21.1 Å². The molecule has 102 valence electrons. The number of anilines is 1. The van der Waals surface area contributed by atoms with Gasteiger partial charge in [-0.05, 0) is 18.6 Å². The van der Waals surface area contributed by atoms with Crippen molar-refractivity contribution in [3.63, 3.8) is 0 Å². The zero-order valence-electron chi connectivity index (χ0n) is 9.35. The van der Waals surface area contributed by atoms with Crippen LogP contribution in [0.4, 0.5) is 18.9 Å². The van der Waals surface area contributed by atoms with Crippen LogP contribution in [0.3, 0.4) is 0 Å². The molecule has 0 aliphatic rings. The van der Waals surface area contributed by atoms with Gasteiger partial charge in [0, 0.05) is 17.9 Å². The Bertz CT molecular complexity index is 409. The van der Waals surface area contributed by atoms with E-state index < -0.39 is 23.9 Å². The zero-order valence-corrected chi connectivity index (χ0v) is 9.35. The van der Waals surface area contributed by atoms with Gasteiger partial charge in [-0.3, -0.25) is 0 Å². The number of alkyl halides is 3. The molecular formula is C11H14F3NO3. The molecular weight excluding hydrogens is 251 g/mol. The number of rotatable bonds is 4. The molecule has 2 atom stereocenters. The summed E-state index contributed by atoms with van der Waals surface area (Å²) in [7, 11) is 0. The molecule has 0 radical (unpaired) electrons. The summed E-state index contributed by atoms with van der Waals surface area (Å²) in [6.07, 6.45) is -7.32. The van der Waals surface area contributed by atoms with Crippen molar-refractivity contribution < 1.29 is 28.5 Å². The van der Waals surface area contributed by atoms with Crippen molar-refractivity contribution in [2.45, 2.75) is 24.8 Å². The number of benzene rings is 1. The summed E-state index contributed by atoms with van der Waals surface area (Å²) in [6.45, 7) is -0.348. The highest BCUT2D eigenvalue weighted by atomic mass is 19.4. The fourth-order valence-electron chi connectivity index (χ4n) is 1.52. The zero-order chi connectivity index (χ0) is 13.9. The van der Waals surface area contributed by atoms with Crippen LogP contribution in [-0.2, 0) is 6.18 Å². The minimum Gasteiger partial charge on any atom is -0.398 e. The Morgan fingerprint density at radius 2 is 1.83 bits per heavy atom. The first kappa shape index (κ1) is 14.7. The van der Waals surface area contributed by atoms with E-state index in [1.165, 1.54) is 0 Å². The molecule has 0 saturated carbocycles. The monoisotopic (exact) mass is 265 g/mol.